The van der Waals surface area contributed by atoms with Gasteiger partial charge in [-0.15, -0.1) is 0 Å². The van der Waals surface area contributed by atoms with E-state index in [1.165, 1.54) is 18.4 Å². The SMILES string of the molecule is O=C(NCCCO)/C(=C/c1ccco1)NC(=O)c1ccc(Br)o1. The minimum atomic E-state index is -0.564. The van der Waals surface area contributed by atoms with Crippen molar-refractivity contribution in [3.05, 3.63) is 52.4 Å². The Hall–Kier alpha value is -2.32. The Morgan fingerprint density at radius 2 is 2.13 bits per heavy atom. The van der Waals surface area contributed by atoms with Crippen LogP contribution in [0.4, 0.5) is 0 Å². The van der Waals surface area contributed by atoms with Gasteiger partial charge in [0.2, 0.25) is 0 Å². The van der Waals surface area contributed by atoms with Crippen LogP contribution in [0.25, 0.3) is 6.08 Å². The molecule has 0 aromatic carbocycles. The predicted molar refractivity (Wildman–Crippen MR) is 85.3 cm³/mol. The van der Waals surface area contributed by atoms with E-state index in [1.807, 2.05) is 0 Å². The molecule has 2 aromatic heterocycles. The third kappa shape index (κ3) is 5.11. The van der Waals surface area contributed by atoms with Gasteiger partial charge in [-0.25, -0.2) is 0 Å². The number of amides is 2. The normalized spacial score (nSPS) is 11.3. The Bertz CT molecular complexity index is 691. The first kappa shape index (κ1) is 17.0. The fourth-order valence-electron chi connectivity index (χ4n) is 1.67. The minimum absolute atomic E-state index is 0.00964. The summed E-state index contributed by atoms with van der Waals surface area (Å²) in [6.45, 7) is 0.247. The van der Waals surface area contributed by atoms with Crippen LogP contribution in [0, 0.1) is 0 Å². The fraction of sp³-hybridized carbons (Fsp3) is 0.200. The highest BCUT2D eigenvalue weighted by atomic mass is 79.9. The van der Waals surface area contributed by atoms with Gasteiger partial charge < -0.3 is 24.6 Å². The maximum atomic E-state index is 12.2. The number of aliphatic hydroxyl groups excluding tert-OH is 1. The molecule has 0 bridgehead atoms. The number of hydrogen-bond acceptors (Lipinski definition) is 5. The number of rotatable bonds is 7. The van der Waals surface area contributed by atoms with E-state index in [4.69, 9.17) is 13.9 Å². The summed E-state index contributed by atoms with van der Waals surface area (Å²) in [6.07, 6.45) is 3.28. The predicted octanol–water partition coefficient (Wildman–Crippen LogP) is 1.90. The lowest BCUT2D eigenvalue weighted by molar-refractivity contribution is -0.117. The second-order valence-electron chi connectivity index (χ2n) is 4.46. The van der Waals surface area contributed by atoms with Crippen molar-refractivity contribution in [2.75, 3.05) is 13.2 Å². The molecule has 7 nitrogen and oxygen atoms in total. The third-order valence-electron chi connectivity index (χ3n) is 2.74. The fourth-order valence-corrected chi connectivity index (χ4v) is 1.98. The molecule has 8 heteroatoms. The van der Waals surface area contributed by atoms with Crippen LogP contribution >= 0.6 is 15.9 Å². The van der Waals surface area contributed by atoms with Gasteiger partial charge in [-0.3, -0.25) is 9.59 Å². The van der Waals surface area contributed by atoms with Crippen LogP contribution in [0.15, 0.2) is 49.7 Å². The highest BCUT2D eigenvalue weighted by molar-refractivity contribution is 9.10. The van der Waals surface area contributed by atoms with Gasteiger partial charge >= 0.3 is 0 Å². The molecular weight excluding hydrogens is 368 g/mol. The second-order valence-corrected chi connectivity index (χ2v) is 5.25. The zero-order valence-electron chi connectivity index (χ0n) is 12.0. The Labute approximate surface area is 140 Å². The number of aliphatic hydroxyl groups is 1. The minimum Gasteiger partial charge on any atom is -0.465 e. The molecule has 0 aliphatic rings. The van der Waals surface area contributed by atoms with Crippen LogP contribution in [0.5, 0.6) is 0 Å². The van der Waals surface area contributed by atoms with E-state index in [2.05, 4.69) is 26.6 Å². The summed E-state index contributed by atoms with van der Waals surface area (Å²) >= 11 is 3.11. The molecular formula is C15H15BrN2O5. The number of halogens is 1. The van der Waals surface area contributed by atoms with Crippen molar-refractivity contribution in [1.29, 1.82) is 0 Å². The van der Waals surface area contributed by atoms with Crippen molar-refractivity contribution in [3.63, 3.8) is 0 Å². The van der Waals surface area contributed by atoms with Crippen molar-refractivity contribution in [3.8, 4) is 0 Å². The molecule has 0 saturated heterocycles. The maximum Gasteiger partial charge on any atom is 0.291 e. The van der Waals surface area contributed by atoms with Gasteiger partial charge in [0.25, 0.3) is 11.8 Å². The largest absolute Gasteiger partial charge is 0.465 e. The van der Waals surface area contributed by atoms with E-state index >= 15 is 0 Å². The summed E-state index contributed by atoms with van der Waals surface area (Å²) < 4.78 is 10.7. The first-order chi connectivity index (χ1) is 11.1. The molecule has 2 amide bonds. The standard InChI is InChI=1S/C15H15BrN2O5/c16-13-5-4-12(23-13)15(21)18-11(9-10-3-1-8-22-10)14(20)17-6-2-7-19/h1,3-5,8-9,19H,2,6-7H2,(H,17,20)(H,18,21)/b11-9-. The van der Waals surface area contributed by atoms with Gasteiger partial charge in [-0.1, -0.05) is 0 Å². The Balaban J connectivity index is 2.13. The van der Waals surface area contributed by atoms with Crippen LogP contribution in [-0.4, -0.2) is 30.1 Å². The van der Waals surface area contributed by atoms with Crippen molar-refractivity contribution < 1.29 is 23.5 Å². The van der Waals surface area contributed by atoms with Crippen LogP contribution < -0.4 is 10.6 Å². The molecule has 0 radical (unpaired) electrons. The van der Waals surface area contributed by atoms with Crippen molar-refractivity contribution in [1.82, 2.24) is 10.6 Å². The number of hydrogen-bond donors (Lipinski definition) is 3. The molecule has 0 saturated carbocycles. The van der Waals surface area contributed by atoms with E-state index in [-0.39, 0.29) is 24.6 Å². The molecule has 23 heavy (non-hydrogen) atoms. The molecule has 2 rings (SSSR count). The quantitative estimate of drug-likeness (QED) is 0.501. The van der Waals surface area contributed by atoms with Crippen molar-refractivity contribution >= 4 is 33.8 Å². The molecule has 2 aromatic rings. The van der Waals surface area contributed by atoms with E-state index in [0.717, 1.165) is 0 Å². The lowest BCUT2D eigenvalue weighted by Gasteiger charge is -2.09. The van der Waals surface area contributed by atoms with E-state index in [9.17, 15) is 9.59 Å². The van der Waals surface area contributed by atoms with Crippen LogP contribution in [0.1, 0.15) is 22.7 Å². The summed E-state index contributed by atoms with van der Waals surface area (Å²) in [4.78, 5) is 24.3. The molecule has 122 valence electrons. The Kier molecular flexibility index (Phi) is 6.19. The number of carbonyl (C=O) groups is 2. The van der Waals surface area contributed by atoms with Crippen molar-refractivity contribution in [2.24, 2.45) is 0 Å². The van der Waals surface area contributed by atoms with Crippen LogP contribution in [-0.2, 0) is 4.79 Å². The summed E-state index contributed by atoms with van der Waals surface area (Å²) in [5.74, 6) is -0.580. The first-order valence-electron chi connectivity index (χ1n) is 6.81. The van der Waals surface area contributed by atoms with Crippen LogP contribution in [0.2, 0.25) is 0 Å². The average molecular weight is 383 g/mol. The lowest BCUT2D eigenvalue weighted by atomic mass is 10.3. The van der Waals surface area contributed by atoms with Gasteiger partial charge in [0.1, 0.15) is 11.5 Å². The topological polar surface area (TPSA) is 105 Å². The molecule has 0 unspecified atom stereocenters. The van der Waals surface area contributed by atoms with E-state index in [1.54, 1.807) is 18.2 Å². The van der Waals surface area contributed by atoms with Gasteiger partial charge in [0, 0.05) is 19.2 Å². The Morgan fingerprint density at radius 3 is 2.74 bits per heavy atom. The zero-order chi connectivity index (χ0) is 16.7. The zero-order valence-corrected chi connectivity index (χ0v) is 13.6. The van der Waals surface area contributed by atoms with Crippen molar-refractivity contribution in [2.45, 2.75) is 6.42 Å². The second kappa shape index (κ2) is 8.35. The highest BCUT2D eigenvalue weighted by Gasteiger charge is 2.17. The molecule has 0 spiro atoms. The van der Waals surface area contributed by atoms with Gasteiger partial charge in [-0.05, 0) is 46.6 Å². The molecule has 3 N–H and O–H groups in total. The van der Waals surface area contributed by atoms with E-state index < -0.39 is 11.8 Å². The highest BCUT2D eigenvalue weighted by Crippen LogP contribution is 2.14. The summed E-state index contributed by atoms with van der Waals surface area (Å²) in [5, 5.41) is 13.8. The number of nitrogens with one attached hydrogen (secondary N) is 2. The number of furan rings is 2. The number of carbonyl (C=O) groups excluding carboxylic acids is 2. The average Bonchev–Trinajstić information content (AvgIpc) is 3.18. The molecule has 2 heterocycles. The molecule has 0 fully saturated rings. The lowest BCUT2D eigenvalue weighted by Crippen LogP contribution is -2.35. The summed E-state index contributed by atoms with van der Waals surface area (Å²) in [7, 11) is 0. The van der Waals surface area contributed by atoms with Gasteiger partial charge in [0.05, 0.1) is 6.26 Å². The summed E-state index contributed by atoms with van der Waals surface area (Å²) in [6, 6.07) is 6.37. The van der Waals surface area contributed by atoms with Gasteiger partial charge in [0.15, 0.2) is 10.4 Å². The molecule has 0 aliphatic heterocycles. The Morgan fingerprint density at radius 1 is 1.30 bits per heavy atom. The monoisotopic (exact) mass is 382 g/mol. The van der Waals surface area contributed by atoms with E-state index in [0.29, 0.717) is 16.9 Å². The summed E-state index contributed by atoms with van der Waals surface area (Å²) in [5.41, 5.74) is 0.00964. The van der Waals surface area contributed by atoms with Crippen LogP contribution in [0.3, 0.4) is 0 Å². The molecule has 0 aliphatic carbocycles. The molecule has 0 atom stereocenters. The maximum absolute atomic E-state index is 12.2. The van der Waals surface area contributed by atoms with Gasteiger partial charge in [-0.2, -0.15) is 0 Å². The third-order valence-corrected chi connectivity index (χ3v) is 3.17. The first-order valence-corrected chi connectivity index (χ1v) is 7.60. The smallest absolute Gasteiger partial charge is 0.291 e.